The summed E-state index contributed by atoms with van der Waals surface area (Å²) in [5.41, 5.74) is 3.20. The van der Waals surface area contributed by atoms with Gasteiger partial charge in [-0.2, -0.15) is 0 Å². The van der Waals surface area contributed by atoms with Crippen molar-refractivity contribution < 1.29 is 4.79 Å². The zero-order valence-electron chi connectivity index (χ0n) is 12.8. The first-order valence-electron chi connectivity index (χ1n) is 7.08. The summed E-state index contributed by atoms with van der Waals surface area (Å²) in [7, 11) is 0. The van der Waals surface area contributed by atoms with E-state index in [4.69, 9.17) is 0 Å². The molecule has 0 saturated heterocycles. The average molecular weight is 298 g/mol. The fourth-order valence-corrected chi connectivity index (χ4v) is 1.91. The number of hydrogen-bond acceptors (Lipinski definition) is 2. The number of H-pyrrole nitrogens is 1. The van der Waals surface area contributed by atoms with Crippen LogP contribution in [-0.4, -0.2) is 11.3 Å². The highest BCUT2D eigenvalue weighted by atomic mass is 16.1. The Kier molecular flexibility index (Phi) is 9.03. The molecule has 0 atom stereocenters. The lowest BCUT2D eigenvalue weighted by Crippen LogP contribution is -1.98. The Labute approximate surface area is 133 Å². The molecule has 0 aliphatic carbocycles. The van der Waals surface area contributed by atoms with Gasteiger partial charge >= 0.3 is 0 Å². The topological polar surface area (TPSA) is 44.9 Å². The van der Waals surface area contributed by atoms with Gasteiger partial charge in [-0.1, -0.05) is 64.3 Å². The minimum Gasteiger partial charge on any atom is -0.353 e. The molecule has 118 valence electrons. The predicted molar refractivity (Wildman–Crippen MR) is 98.5 cm³/mol. The fourth-order valence-electron chi connectivity index (χ4n) is 1.91. The number of aldehydes is 1. The minimum absolute atomic E-state index is 0. The largest absolute Gasteiger partial charge is 0.353 e. The van der Waals surface area contributed by atoms with E-state index in [0.29, 0.717) is 5.69 Å². The van der Waals surface area contributed by atoms with E-state index in [1.54, 1.807) is 6.08 Å². The Morgan fingerprint density at radius 1 is 1.27 bits per heavy atom. The molecule has 2 aromatic rings. The molecule has 0 amide bonds. The van der Waals surface area contributed by atoms with Crippen LogP contribution in [0.3, 0.4) is 0 Å². The van der Waals surface area contributed by atoms with Gasteiger partial charge in [0.1, 0.15) is 5.69 Å². The first kappa shape index (κ1) is 19.5. The second-order valence-electron chi connectivity index (χ2n) is 4.04. The standard InChI is InChI=1S/C16H16N2O.C2H6.CH4/c1-3-5-8-12(4-2)17-16-13-9-6-7-10-14(13)18-15(16)11-19;1-2;/h3-11,17-18H,1H2,2H3;1-2H3;1H4/b8-5-,12-4+;;. The van der Waals surface area contributed by atoms with E-state index in [1.807, 2.05) is 63.3 Å². The van der Waals surface area contributed by atoms with Crippen molar-refractivity contribution in [3.05, 3.63) is 66.5 Å². The number of aromatic amines is 1. The van der Waals surface area contributed by atoms with Crippen LogP contribution in [0.25, 0.3) is 10.9 Å². The number of para-hydroxylation sites is 1. The van der Waals surface area contributed by atoms with Crippen molar-refractivity contribution in [3.63, 3.8) is 0 Å². The quantitative estimate of drug-likeness (QED) is 0.549. The van der Waals surface area contributed by atoms with Gasteiger partial charge in [0.2, 0.25) is 0 Å². The van der Waals surface area contributed by atoms with Gasteiger partial charge in [0.25, 0.3) is 0 Å². The molecule has 2 rings (SSSR count). The van der Waals surface area contributed by atoms with E-state index >= 15 is 0 Å². The molecule has 1 aromatic carbocycles. The summed E-state index contributed by atoms with van der Waals surface area (Å²) < 4.78 is 0. The van der Waals surface area contributed by atoms with Crippen LogP contribution in [0.15, 0.2) is 60.8 Å². The number of benzene rings is 1. The second kappa shape index (κ2) is 10.2. The molecular formula is C19H26N2O. The Balaban J connectivity index is 0.00000141. The van der Waals surface area contributed by atoms with E-state index in [2.05, 4.69) is 16.9 Å². The van der Waals surface area contributed by atoms with E-state index in [9.17, 15) is 4.79 Å². The summed E-state index contributed by atoms with van der Waals surface area (Å²) in [6, 6.07) is 7.81. The van der Waals surface area contributed by atoms with Crippen molar-refractivity contribution >= 4 is 22.9 Å². The second-order valence-corrected chi connectivity index (χ2v) is 4.04. The molecule has 1 aromatic heterocycles. The van der Waals surface area contributed by atoms with Crippen molar-refractivity contribution in [3.8, 4) is 0 Å². The van der Waals surface area contributed by atoms with Gasteiger partial charge in [-0.15, -0.1) is 0 Å². The molecule has 0 radical (unpaired) electrons. The lowest BCUT2D eigenvalue weighted by atomic mass is 10.2. The van der Waals surface area contributed by atoms with Crippen LogP contribution in [0.5, 0.6) is 0 Å². The van der Waals surface area contributed by atoms with Crippen molar-refractivity contribution in [1.82, 2.24) is 4.98 Å². The number of carbonyl (C=O) groups is 1. The lowest BCUT2D eigenvalue weighted by molar-refractivity contribution is 0.112. The van der Waals surface area contributed by atoms with Crippen LogP contribution in [0.2, 0.25) is 0 Å². The number of hydrogen-bond donors (Lipinski definition) is 2. The van der Waals surface area contributed by atoms with Crippen molar-refractivity contribution in [2.75, 3.05) is 5.32 Å². The summed E-state index contributed by atoms with van der Waals surface area (Å²) in [5, 5.41) is 4.27. The molecule has 0 bridgehead atoms. The first-order chi connectivity index (χ1) is 10.3. The summed E-state index contributed by atoms with van der Waals surface area (Å²) in [5.74, 6) is 0. The lowest BCUT2D eigenvalue weighted by Gasteiger charge is -2.06. The molecular weight excluding hydrogens is 272 g/mol. The maximum absolute atomic E-state index is 11.2. The van der Waals surface area contributed by atoms with Gasteiger partial charge in [0, 0.05) is 16.6 Å². The van der Waals surface area contributed by atoms with Gasteiger partial charge in [-0.25, -0.2) is 0 Å². The Morgan fingerprint density at radius 2 is 1.95 bits per heavy atom. The number of aromatic nitrogens is 1. The van der Waals surface area contributed by atoms with Crippen molar-refractivity contribution in [2.24, 2.45) is 0 Å². The van der Waals surface area contributed by atoms with Gasteiger partial charge < -0.3 is 10.3 Å². The maximum atomic E-state index is 11.2. The zero-order valence-corrected chi connectivity index (χ0v) is 12.8. The first-order valence-corrected chi connectivity index (χ1v) is 7.08. The van der Waals surface area contributed by atoms with Crippen LogP contribution >= 0.6 is 0 Å². The van der Waals surface area contributed by atoms with Crippen LogP contribution in [0.1, 0.15) is 38.7 Å². The summed E-state index contributed by atoms with van der Waals surface area (Å²) in [6.07, 6.45) is 8.23. The van der Waals surface area contributed by atoms with Crippen LogP contribution in [0.4, 0.5) is 5.69 Å². The van der Waals surface area contributed by atoms with Crippen LogP contribution < -0.4 is 5.32 Å². The zero-order chi connectivity index (χ0) is 15.7. The van der Waals surface area contributed by atoms with Crippen molar-refractivity contribution in [2.45, 2.75) is 28.2 Å². The Hall–Kier alpha value is -2.55. The molecule has 2 N–H and O–H groups in total. The third-order valence-corrected chi connectivity index (χ3v) is 2.85. The number of rotatable bonds is 5. The molecule has 22 heavy (non-hydrogen) atoms. The maximum Gasteiger partial charge on any atom is 0.168 e. The normalized spacial score (nSPS) is 10.6. The third kappa shape index (κ3) is 4.48. The number of fused-ring (bicyclic) bond motifs is 1. The fraction of sp³-hybridized carbons (Fsp3) is 0.211. The molecule has 3 heteroatoms. The number of anilines is 1. The van der Waals surface area contributed by atoms with Gasteiger partial charge in [-0.05, 0) is 19.1 Å². The molecule has 3 nitrogen and oxygen atoms in total. The highest BCUT2D eigenvalue weighted by molar-refractivity contribution is 6.02. The molecule has 1 heterocycles. The smallest absolute Gasteiger partial charge is 0.168 e. The summed E-state index contributed by atoms with van der Waals surface area (Å²) >= 11 is 0. The Morgan fingerprint density at radius 3 is 2.55 bits per heavy atom. The van der Waals surface area contributed by atoms with E-state index in [-0.39, 0.29) is 7.43 Å². The number of nitrogens with one attached hydrogen (secondary N) is 2. The van der Waals surface area contributed by atoms with Crippen LogP contribution in [0, 0.1) is 0 Å². The van der Waals surface area contributed by atoms with Crippen LogP contribution in [-0.2, 0) is 0 Å². The Bertz CT molecular complexity index is 663. The molecule has 0 fully saturated rings. The third-order valence-electron chi connectivity index (χ3n) is 2.85. The monoisotopic (exact) mass is 298 g/mol. The summed E-state index contributed by atoms with van der Waals surface area (Å²) in [6.45, 7) is 9.58. The van der Waals surface area contributed by atoms with E-state index in [0.717, 1.165) is 28.6 Å². The van der Waals surface area contributed by atoms with Gasteiger partial charge in [-0.3, -0.25) is 4.79 Å². The molecule has 0 saturated carbocycles. The molecule has 0 spiro atoms. The predicted octanol–water partition coefficient (Wildman–Crippen LogP) is 5.70. The molecule has 0 aliphatic rings. The average Bonchev–Trinajstić information content (AvgIpc) is 2.91. The minimum atomic E-state index is 0. The highest BCUT2D eigenvalue weighted by Gasteiger charge is 2.10. The molecule has 0 aliphatic heterocycles. The summed E-state index contributed by atoms with van der Waals surface area (Å²) in [4.78, 5) is 14.3. The number of allylic oxidation sites excluding steroid dienone is 4. The van der Waals surface area contributed by atoms with Gasteiger partial charge in [0.05, 0.1) is 5.69 Å². The highest BCUT2D eigenvalue weighted by Crippen LogP contribution is 2.27. The van der Waals surface area contributed by atoms with E-state index in [1.165, 1.54) is 0 Å². The molecule has 0 unspecified atom stereocenters. The SMILES string of the molecule is C.C=C/C=C\C(=C/C)Nc1c(C=O)[nH]c2ccccc12.CC. The van der Waals surface area contributed by atoms with E-state index < -0.39 is 0 Å². The number of carbonyl (C=O) groups excluding carboxylic acids is 1. The van der Waals surface area contributed by atoms with Gasteiger partial charge in [0.15, 0.2) is 6.29 Å². The van der Waals surface area contributed by atoms with Crippen molar-refractivity contribution in [1.29, 1.82) is 0 Å².